The van der Waals surface area contributed by atoms with E-state index in [4.69, 9.17) is 9.47 Å². The van der Waals surface area contributed by atoms with Crippen LogP contribution in [-0.2, 0) is 22.5 Å². The fourth-order valence-corrected chi connectivity index (χ4v) is 4.51. The zero-order valence-corrected chi connectivity index (χ0v) is 22.6. The Balaban J connectivity index is 1.65. The third-order valence-corrected chi connectivity index (χ3v) is 6.46. The summed E-state index contributed by atoms with van der Waals surface area (Å²) in [5.41, 5.74) is 2.54. The first-order chi connectivity index (χ1) is 16.9. The van der Waals surface area contributed by atoms with Gasteiger partial charge in [-0.25, -0.2) is 0 Å². The van der Waals surface area contributed by atoms with Crippen molar-refractivity contribution >= 4 is 5.97 Å². The number of carbonyl (C=O) groups excluding carboxylic acids is 1. The predicted molar refractivity (Wildman–Crippen MR) is 145 cm³/mol. The van der Waals surface area contributed by atoms with Crippen LogP contribution in [0.4, 0.5) is 0 Å². The van der Waals surface area contributed by atoms with E-state index in [-0.39, 0.29) is 5.97 Å². The lowest BCUT2D eigenvalue weighted by atomic mass is 10.0. The van der Waals surface area contributed by atoms with Crippen LogP contribution >= 0.6 is 0 Å². The lowest BCUT2D eigenvalue weighted by molar-refractivity contribution is -0.903. The smallest absolute Gasteiger partial charge is 0.308 e. The molecule has 4 heteroatoms. The zero-order valence-electron chi connectivity index (χ0n) is 22.6. The number of nitrogens with zero attached hydrogens (tertiary/aromatic N) is 1. The SMILES string of the molecule is CCCCCCCCCc1ccccc1OC(C)OC(=O)CCCC[N+](C)(C)Cc1ccccc1. The van der Waals surface area contributed by atoms with Gasteiger partial charge in [-0.3, -0.25) is 4.79 Å². The molecular formula is C31H48NO3+. The van der Waals surface area contributed by atoms with Crippen molar-refractivity contribution in [1.82, 2.24) is 0 Å². The monoisotopic (exact) mass is 482 g/mol. The zero-order chi connectivity index (χ0) is 25.4. The lowest BCUT2D eigenvalue weighted by Crippen LogP contribution is -2.39. The number of rotatable bonds is 18. The van der Waals surface area contributed by atoms with Crippen LogP contribution in [0.2, 0.25) is 0 Å². The molecule has 0 aromatic heterocycles. The van der Waals surface area contributed by atoms with Gasteiger partial charge in [-0.15, -0.1) is 0 Å². The molecule has 0 saturated carbocycles. The van der Waals surface area contributed by atoms with Gasteiger partial charge in [-0.05, 0) is 37.3 Å². The number of unbranched alkanes of at least 4 members (excludes halogenated alkanes) is 7. The van der Waals surface area contributed by atoms with E-state index >= 15 is 0 Å². The summed E-state index contributed by atoms with van der Waals surface area (Å²) >= 11 is 0. The highest BCUT2D eigenvalue weighted by molar-refractivity contribution is 5.69. The summed E-state index contributed by atoms with van der Waals surface area (Å²) in [6.07, 6.45) is 11.7. The molecule has 1 unspecified atom stereocenters. The first kappa shape index (κ1) is 28.9. The Hall–Kier alpha value is -2.33. The van der Waals surface area contributed by atoms with Crippen molar-refractivity contribution in [1.29, 1.82) is 0 Å². The number of quaternary nitrogens is 1. The van der Waals surface area contributed by atoms with E-state index in [1.54, 1.807) is 0 Å². The van der Waals surface area contributed by atoms with E-state index in [0.717, 1.165) is 42.6 Å². The van der Waals surface area contributed by atoms with Crippen LogP contribution < -0.4 is 4.74 Å². The molecule has 0 bridgehead atoms. The van der Waals surface area contributed by atoms with Gasteiger partial charge in [0.2, 0.25) is 6.29 Å². The Morgan fingerprint density at radius 2 is 1.49 bits per heavy atom. The van der Waals surface area contributed by atoms with Crippen LogP contribution in [-0.4, -0.2) is 37.4 Å². The fourth-order valence-electron chi connectivity index (χ4n) is 4.51. The van der Waals surface area contributed by atoms with Gasteiger partial charge in [-0.2, -0.15) is 0 Å². The van der Waals surface area contributed by atoms with Crippen molar-refractivity contribution in [2.24, 2.45) is 0 Å². The van der Waals surface area contributed by atoms with E-state index in [1.807, 2.05) is 19.1 Å². The second-order valence-electron chi connectivity index (χ2n) is 10.4. The van der Waals surface area contributed by atoms with Crippen molar-refractivity contribution in [2.45, 2.75) is 97.3 Å². The second kappa shape index (κ2) is 16.4. The van der Waals surface area contributed by atoms with E-state index in [1.165, 1.54) is 56.1 Å². The normalized spacial score (nSPS) is 12.3. The highest BCUT2D eigenvalue weighted by Crippen LogP contribution is 2.22. The molecular weight excluding hydrogens is 434 g/mol. The minimum absolute atomic E-state index is 0.185. The molecule has 2 aromatic carbocycles. The summed E-state index contributed by atoms with van der Waals surface area (Å²) in [5, 5.41) is 0. The molecule has 0 radical (unpaired) electrons. The molecule has 0 N–H and O–H groups in total. The number of hydrogen-bond donors (Lipinski definition) is 0. The minimum Gasteiger partial charge on any atom is -0.455 e. The lowest BCUT2D eigenvalue weighted by Gasteiger charge is -2.30. The largest absolute Gasteiger partial charge is 0.455 e. The number of benzene rings is 2. The third-order valence-electron chi connectivity index (χ3n) is 6.46. The summed E-state index contributed by atoms with van der Waals surface area (Å²) in [4.78, 5) is 12.4. The van der Waals surface area contributed by atoms with Crippen LogP contribution in [0.25, 0.3) is 0 Å². The Kier molecular flexibility index (Phi) is 13.5. The van der Waals surface area contributed by atoms with E-state index in [2.05, 4.69) is 63.5 Å². The molecule has 0 aliphatic rings. The number of esters is 1. The molecule has 0 saturated heterocycles. The summed E-state index contributed by atoms with van der Waals surface area (Å²) in [6.45, 7) is 6.08. The first-order valence-electron chi connectivity index (χ1n) is 13.7. The molecule has 0 aliphatic heterocycles. The predicted octanol–water partition coefficient (Wildman–Crippen LogP) is 7.69. The van der Waals surface area contributed by atoms with Crippen molar-refractivity contribution in [3.63, 3.8) is 0 Å². The Morgan fingerprint density at radius 1 is 0.829 bits per heavy atom. The number of ether oxygens (including phenoxy) is 2. The maximum absolute atomic E-state index is 12.4. The standard InChI is InChI=1S/C31H48NO3/c1-5-6-7-8-9-10-14-21-29-22-15-16-23-30(29)34-27(2)35-31(33)24-17-18-25-32(3,4)26-28-19-12-11-13-20-28/h11-13,15-16,19-20,22-23,27H,5-10,14,17-18,21,24-26H2,1-4H3/q+1. The van der Waals surface area contributed by atoms with Gasteiger partial charge in [0.1, 0.15) is 12.3 Å². The van der Waals surface area contributed by atoms with Crippen LogP contribution in [0.1, 0.15) is 89.2 Å². The van der Waals surface area contributed by atoms with Gasteiger partial charge in [0.15, 0.2) is 0 Å². The van der Waals surface area contributed by atoms with Crippen molar-refractivity contribution < 1.29 is 18.8 Å². The summed E-state index contributed by atoms with van der Waals surface area (Å²) in [6, 6.07) is 18.7. The molecule has 2 rings (SSSR count). The van der Waals surface area contributed by atoms with E-state index < -0.39 is 6.29 Å². The van der Waals surface area contributed by atoms with Crippen LogP contribution in [0, 0.1) is 0 Å². The third kappa shape index (κ3) is 12.8. The van der Waals surface area contributed by atoms with E-state index in [0.29, 0.717) is 6.42 Å². The van der Waals surface area contributed by atoms with Crippen molar-refractivity contribution in [3.05, 3.63) is 65.7 Å². The average molecular weight is 483 g/mol. The molecule has 0 aliphatic carbocycles. The molecule has 35 heavy (non-hydrogen) atoms. The average Bonchev–Trinajstić information content (AvgIpc) is 2.82. The molecule has 0 fully saturated rings. The van der Waals surface area contributed by atoms with Crippen LogP contribution in [0.5, 0.6) is 5.75 Å². The van der Waals surface area contributed by atoms with Crippen LogP contribution in [0.15, 0.2) is 54.6 Å². The molecule has 1 atom stereocenters. The quantitative estimate of drug-likeness (QED) is 0.0945. The maximum Gasteiger partial charge on any atom is 0.308 e. The Labute approximate surface area is 214 Å². The van der Waals surface area contributed by atoms with Gasteiger partial charge in [0.05, 0.1) is 20.6 Å². The number of hydrogen-bond acceptors (Lipinski definition) is 3. The van der Waals surface area contributed by atoms with E-state index in [9.17, 15) is 4.79 Å². The summed E-state index contributed by atoms with van der Waals surface area (Å²) in [7, 11) is 4.48. The summed E-state index contributed by atoms with van der Waals surface area (Å²) in [5.74, 6) is 0.647. The Morgan fingerprint density at radius 3 is 2.23 bits per heavy atom. The summed E-state index contributed by atoms with van der Waals surface area (Å²) < 4.78 is 12.5. The molecule has 0 amide bonds. The van der Waals surface area contributed by atoms with Crippen molar-refractivity contribution in [2.75, 3.05) is 20.6 Å². The topological polar surface area (TPSA) is 35.5 Å². The van der Waals surface area contributed by atoms with Gasteiger partial charge in [-0.1, -0.05) is 94.0 Å². The molecule has 194 valence electrons. The highest BCUT2D eigenvalue weighted by Gasteiger charge is 2.17. The minimum atomic E-state index is -0.581. The maximum atomic E-state index is 12.4. The number of para-hydroxylation sites is 1. The van der Waals surface area contributed by atoms with Crippen LogP contribution in [0.3, 0.4) is 0 Å². The highest BCUT2D eigenvalue weighted by atomic mass is 16.7. The van der Waals surface area contributed by atoms with Gasteiger partial charge in [0.25, 0.3) is 0 Å². The van der Waals surface area contributed by atoms with Gasteiger partial charge < -0.3 is 14.0 Å². The molecule has 0 heterocycles. The molecule has 2 aromatic rings. The van der Waals surface area contributed by atoms with Gasteiger partial charge >= 0.3 is 5.97 Å². The molecule has 4 nitrogen and oxygen atoms in total. The second-order valence-corrected chi connectivity index (χ2v) is 10.4. The van der Waals surface area contributed by atoms with Gasteiger partial charge in [0, 0.05) is 18.9 Å². The van der Waals surface area contributed by atoms with Crippen molar-refractivity contribution in [3.8, 4) is 5.75 Å². The first-order valence-corrected chi connectivity index (χ1v) is 13.7. The number of carbonyl (C=O) groups is 1. The Bertz CT molecular complexity index is 834. The fraction of sp³-hybridized carbons (Fsp3) is 0.581. The number of aryl methyl sites for hydroxylation is 1. The molecule has 0 spiro atoms.